The number of esters is 1. The Balaban J connectivity index is 1.70. The first-order chi connectivity index (χ1) is 19.6. The number of ether oxygens (including phenoxy) is 1. The lowest BCUT2D eigenvalue weighted by molar-refractivity contribution is -0.146. The first kappa shape index (κ1) is 29.2. The van der Waals surface area contributed by atoms with Crippen LogP contribution in [0.25, 0.3) is 10.4 Å². The van der Waals surface area contributed by atoms with E-state index in [9.17, 15) is 9.59 Å². The van der Waals surface area contributed by atoms with Crippen molar-refractivity contribution in [3.05, 3.63) is 118 Å². The first-order valence-corrected chi connectivity index (χ1v) is 14.7. The molecule has 0 spiro atoms. The lowest BCUT2D eigenvalue weighted by atomic mass is 9.71. The number of nitrogens with one attached hydrogen (secondary N) is 1. The summed E-state index contributed by atoms with van der Waals surface area (Å²) in [6.45, 7) is 0.251. The molecule has 0 heterocycles. The summed E-state index contributed by atoms with van der Waals surface area (Å²) in [7, 11) is 1.35. The molecule has 0 saturated heterocycles. The number of amides is 1. The Kier molecular flexibility index (Phi) is 10.3. The molecule has 0 bridgehead atoms. The van der Waals surface area contributed by atoms with E-state index >= 15 is 0 Å². The van der Waals surface area contributed by atoms with Gasteiger partial charge in [0.05, 0.1) is 11.9 Å². The van der Waals surface area contributed by atoms with Crippen LogP contribution in [0.3, 0.4) is 0 Å². The molecule has 1 amide bonds. The summed E-state index contributed by atoms with van der Waals surface area (Å²) in [4.78, 5) is 29.8. The van der Waals surface area contributed by atoms with Crippen LogP contribution in [0.5, 0.6) is 0 Å². The smallest absolute Gasteiger partial charge is 0.329 e. The second-order valence-corrected chi connectivity index (χ2v) is 11.4. The first-order valence-electron chi connectivity index (χ1n) is 13.8. The molecule has 0 aromatic heterocycles. The van der Waals surface area contributed by atoms with Crippen LogP contribution in [0.1, 0.15) is 55.2 Å². The molecule has 0 radical (unpaired) electrons. The molecule has 8 heteroatoms. The number of azide groups is 1. The fourth-order valence-electron chi connectivity index (χ4n) is 5.73. The van der Waals surface area contributed by atoms with Crippen molar-refractivity contribution in [1.82, 2.24) is 5.32 Å². The van der Waals surface area contributed by atoms with E-state index in [0.717, 1.165) is 36.0 Å². The molecule has 3 aromatic carbocycles. The molecule has 40 heavy (non-hydrogen) atoms. The van der Waals surface area contributed by atoms with E-state index in [-0.39, 0.29) is 12.5 Å². The third kappa shape index (κ3) is 6.52. The van der Waals surface area contributed by atoms with Crippen LogP contribution < -0.4 is 5.32 Å². The van der Waals surface area contributed by atoms with E-state index in [4.69, 9.17) is 10.3 Å². The highest BCUT2D eigenvalue weighted by molar-refractivity contribution is 8.00. The maximum absolute atomic E-state index is 13.8. The van der Waals surface area contributed by atoms with Gasteiger partial charge in [0.25, 0.3) is 0 Å². The Bertz CT molecular complexity index is 1190. The highest BCUT2D eigenvalue weighted by Crippen LogP contribution is 2.49. The van der Waals surface area contributed by atoms with Gasteiger partial charge in [-0.25, -0.2) is 4.79 Å². The molecule has 1 atom stereocenters. The minimum atomic E-state index is -0.851. The standard InChI is InChI=1S/C32H36N4O3S/c1-39-29(37)28(35-30(38)31(22-23-34-36-33)20-12-5-13-21-31)24-40-32(25-14-6-2-7-15-25,26-16-8-3-9-17-26)27-18-10-4-11-19-27/h2-4,6-11,14-19,28H,5,12-13,20-24H2,1H3,(H,35,38). The second kappa shape index (κ2) is 14.1. The van der Waals surface area contributed by atoms with Crippen LogP contribution in [0.4, 0.5) is 0 Å². The zero-order chi connectivity index (χ0) is 28.3. The van der Waals surface area contributed by atoms with Gasteiger partial charge in [0, 0.05) is 22.6 Å². The summed E-state index contributed by atoms with van der Waals surface area (Å²) >= 11 is 1.61. The lowest BCUT2D eigenvalue weighted by Gasteiger charge is -2.38. The summed E-state index contributed by atoms with van der Waals surface area (Å²) in [5.41, 5.74) is 11.4. The molecular weight excluding hydrogens is 520 g/mol. The van der Waals surface area contributed by atoms with Crippen LogP contribution in [-0.4, -0.2) is 37.3 Å². The predicted octanol–water partition coefficient (Wildman–Crippen LogP) is 7.02. The molecule has 4 rings (SSSR count). The highest BCUT2D eigenvalue weighted by Gasteiger charge is 2.42. The quantitative estimate of drug-likeness (QED) is 0.0851. The predicted molar refractivity (Wildman–Crippen MR) is 160 cm³/mol. The number of hydrogen-bond acceptors (Lipinski definition) is 5. The van der Waals surface area contributed by atoms with Gasteiger partial charge in [-0.2, -0.15) is 0 Å². The Labute approximate surface area is 240 Å². The number of benzene rings is 3. The Morgan fingerprint density at radius 1 is 0.925 bits per heavy atom. The molecule has 3 aromatic rings. The monoisotopic (exact) mass is 556 g/mol. The Hall–Kier alpha value is -3.74. The molecule has 7 nitrogen and oxygen atoms in total. The number of methoxy groups -OCH3 is 1. The average Bonchev–Trinajstić information content (AvgIpc) is 3.02. The molecule has 1 unspecified atom stereocenters. The van der Waals surface area contributed by atoms with Crippen molar-refractivity contribution in [3.63, 3.8) is 0 Å². The summed E-state index contributed by atoms with van der Waals surface area (Å²) in [6, 6.07) is 29.9. The van der Waals surface area contributed by atoms with Crippen LogP contribution in [0.2, 0.25) is 0 Å². The van der Waals surface area contributed by atoms with Gasteiger partial charge in [0.1, 0.15) is 6.04 Å². The summed E-state index contributed by atoms with van der Waals surface area (Å²) in [6.07, 6.45) is 4.82. The molecule has 1 aliphatic carbocycles. The highest BCUT2D eigenvalue weighted by atomic mass is 32.2. The van der Waals surface area contributed by atoms with E-state index in [1.807, 2.05) is 54.6 Å². The molecule has 0 aliphatic heterocycles. The number of thioether (sulfide) groups is 1. The van der Waals surface area contributed by atoms with Gasteiger partial charge in [0.2, 0.25) is 5.91 Å². The van der Waals surface area contributed by atoms with Crippen LogP contribution in [0, 0.1) is 5.41 Å². The van der Waals surface area contributed by atoms with E-state index in [1.165, 1.54) is 7.11 Å². The average molecular weight is 557 g/mol. The minimum Gasteiger partial charge on any atom is -0.467 e. The maximum Gasteiger partial charge on any atom is 0.329 e. The van der Waals surface area contributed by atoms with E-state index in [2.05, 4.69) is 51.7 Å². The summed E-state index contributed by atoms with van der Waals surface area (Å²) in [5, 5.41) is 6.76. The molecule has 208 valence electrons. The van der Waals surface area contributed by atoms with Crippen LogP contribution in [-0.2, 0) is 19.1 Å². The van der Waals surface area contributed by atoms with Crippen molar-refractivity contribution in [1.29, 1.82) is 0 Å². The Morgan fingerprint density at radius 3 is 1.88 bits per heavy atom. The molecule has 1 fully saturated rings. The second-order valence-electron chi connectivity index (χ2n) is 10.2. The van der Waals surface area contributed by atoms with Gasteiger partial charge >= 0.3 is 5.97 Å². The van der Waals surface area contributed by atoms with Gasteiger partial charge in [0.15, 0.2) is 0 Å². The van der Waals surface area contributed by atoms with Crippen molar-refractivity contribution in [2.75, 3.05) is 19.4 Å². The SMILES string of the molecule is COC(=O)C(CSC(c1ccccc1)(c1ccccc1)c1ccccc1)NC(=O)C1(CCN=[N+]=[N-])CCCCC1. The van der Waals surface area contributed by atoms with Gasteiger partial charge in [-0.1, -0.05) is 115 Å². The number of carbonyl (C=O) groups is 2. The lowest BCUT2D eigenvalue weighted by Crippen LogP contribution is -2.51. The largest absolute Gasteiger partial charge is 0.467 e. The van der Waals surface area contributed by atoms with Crippen molar-refractivity contribution in [2.45, 2.75) is 49.3 Å². The summed E-state index contributed by atoms with van der Waals surface area (Å²) < 4.78 is 4.55. The summed E-state index contributed by atoms with van der Waals surface area (Å²) in [5.74, 6) is -0.352. The van der Waals surface area contributed by atoms with Crippen molar-refractivity contribution in [2.24, 2.45) is 10.5 Å². The maximum atomic E-state index is 13.8. The molecular formula is C32H36N4O3S. The van der Waals surface area contributed by atoms with Crippen molar-refractivity contribution in [3.8, 4) is 0 Å². The fraction of sp³-hybridized carbons (Fsp3) is 0.375. The van der Waals surface area contributed by atoms with Crippen LogP contribution in [0.15, 0.2) is 96.1 Å². The third-order valence-electron chi connectivity index (χ3n) is 7.84. The minimum absolute atomic E-state index is 0.166. The van der Waals surface area contributed by atoms with E-state index < -0.39 is 22.2 Å². The van der Waals surface area contributed by atoms with Crippen molar-refractivity contribution < 1.29 is 14.3 Å². The number of nitrogens with zero attached hydrogens (tertiary/aromatic N) is 3. The van der Waals surface area contributed by atoms with Crippen LogP contribution >= 0.6 is 11.8 Å². The van der Waals surface area contributed by atoms with E-state index in [0.29, 0.717) is 25.0 Å². The normalized spacial score (nSPS) is 15.3. The van der Waals surface area contributed by atoms with Crippen molar-refractivity contribution >= 4 is 23.6 Å². The number of rotatable bonds is 12. The molecule has 1 N–H and O–H groups in total. The Morgan fingerprint density at radius 2 is 1.43 bits per heavy atom. The van der Waals surface area contributed by atoms with Gasteiger partial charge in [-0.3, -0.25) is 4.79 Å². The number of carbonyl (C=O) groups excluding carboxylic acids is 2. The topological polar surface area (TPSA) is 104 Å². The van der Waals surface area contributed by atoms with Gasteiger partial charge < -0.3 is 10.1 Å². The molecule has 1 aliphatic rings. The number of hydrogen-bond donors (Lipinski definition) is 1. The van der Waals surface area contributed by atoms with Gasteiger partial charge in [-0.05, 0) is 41.5 Å². The third-order valence-corrected chi connectivity index (χ3v) is 9.48. The van der Waals surface area contributed by atoms with E-state index in [1.54, 1.807) is 11.8 Å². The zero-order valence-electron chi connectivity index (χ0n) is 22.9. The van der Waals surface area contributed by atoms with Gasteiger partial charge in [-0.15, -0.1) is 11.8 Å². The zero-order valence-corrected chi connectivity index (χ0v) is 23.7. The molecule has 1 saturated carbocycles. The fourth-order valence-corrected chi connectivity index (χ4v) is 7.27.